The van der Waals surface area contributed by atoms with Gasteiger partial charge in [-0.3, -0.25) is 0 Å². The Balaban J connectivity index is 1.21. The lowest BCUT2D eigenvalue weighted by Crippen LogP contribution is -2.12. The summed E-state index contributed by atoms with van der Waals surface area (Å²) in [6, 6.07) is 41.1. The number of hydrogen-bond donors (Lipinski definition) is 0. The zero-order valence-electron chi connectivity index (χ0n) is 26.2. The Hall–Kier alpha value is -6.12. The summed E-state index contributed by atoms with van der Waals surface area (Å²) < 4.78 is 12.8. The van der Waals surface area contributed by atoms with E-state index in [0.29, 0.717) is 0 Å². The molecule has 0 N–H and O–H groups in total. The van der Waals surface area contributed by atoms with E-state index in [1.807, 2.05) is 18.2 Å². The molecule has 2 nitrogen and oxygen atoms in total. The van der Waals surface area contributed by atoms with Crippen LogP contribution in [0.25, 0.3) is 92.9 Å². The highest BCUT2D eigenvalue weighted by atomic mass is 16.3. The van der Waals surface area contributed by atoms with Crippen molar-refractivity contribution in [1.82, 2.24) is 0 Å². The van der Waals surface area contributed by atoms with Gasteiger partial charge in [-0.05, 0) is 85.6 Å². The molecule has 0 radical (unpaired) electrons. The SMILES string of the molecule is C=CC1C=CC=CC1C(=C)c1c2ccccc2c(-c2ccc3oc4c(ccc5c4ccc4oc6ccccc6c45)c3c2)c2ccccc12. The van der Waals surface area contributed by atoms with Crippen molar-refractivity contribution in [2.75, 3.05) is 0 Å². The van der Waals surface area contributed by atoms with Crippen LogP contribution < -0.4 is 0 Å². The van der Waals surface area contributed by atoms with Crippen molar-refractivity contribution < 1.29 is 8.83 Å². The van der Waals surface area contributed by atoms with E-state index in [2.05, 4.69) is 134 Å². The van der Waals surface area contributed by atoms with Crippen molar-refractivity contribution >= 4 is 81.8 Å². The normalized spacial score (nSPS) is 16.3. The zero-order chi connectivity index (χ0) is 31.9. The average Bonchev–Trinajstić information content (AvgIpc) is 3.72. The molecule has 48 heavy (non-hydrogen) atoms. The van der Waals surface area contributed by atoms with Crippen LogP contribution in [0.1, 0.15) is 5.56 Å². The van der Waals surface area contributed by atoms with E-state index in [1.165, 1.54) is 32.7 Å². The second-order valence-electron chi connectivity index (χ2n) is 12.9. The standard InChI is InChI=1S/C46H30O2/c1-3-28-12-4-5-13-30(28)27(2)43-31-14-6-8-16-33(31)44(34-17-9-7-15-32(34)43)29-20-24-41-39(26-29)37-22-21-35-36(46(37)48-41)23-25-42-45(35)38-18-10-11-19-40(38)47-42/h3-26,28,30H,1-2H2. The van der Waals surface area contributed by atoms with Crippen molar-refractivity contribution in [2.24, 2.45) is 11.8 Å². The summed E-state index contributed by atoms with van der Waals surface area (Å²) in [5.41, 5.74) is 8.28. The van der Waals surface area contributed by atoms with Gasteiger partial charge in [0.1, 0.15) is 22.3 Å². The van der Waals surface area contributed by atoms with Gasteiger partial charge < -0.3 is 8.83 Å². The molecule has 0 aliphatic heterocycles. The highest BCUT2D eigenvalue weighted by Crippen LogP contribution is 2.46. The van der Waals surface area contributed by atoms with Gasteiger partial charge in [0.2, 0.25) is 0 Å². The predicted octanol–water partition coefficient (Wildman–Crippen LogP) is 13.2. The molecule has 0 fully saturated rings. The fourth-order valence-corrected chi connectivity index (χ4v) is 8.17. The van der Waals surface area contributed by atoms with Crippen LogP contribution in [0, 0.1) is 11.8 Å². The van der Waals surface area contributed by atoms with Crippen LogP contribution >= 0.6 is 0 Å². The molecule has 226 valence electrons. The number of para-hydroxylation sites is 1. The topological polar surface area (TPSA) is 26.3 Å². The summed E-state index contributed by atoms with van der Waals surface area (Å²) in [5.74, 6) is 0.353. The number of rotatable bonds is 4. The van der Waals surface area contributed by atoms with Gasteiger partial charge in [-0.1, -0.05) is 116 Å². The summed E-state index contributed by atoms with van der Waals surface area (Å²) in [6.45, 7) is 8.86. The Bertz CT molecular complexity index is 2830. The number of hydrogen-bond acceptors (Lipinski definition) is 2. The van der Waals surface area contributed by atoms with E-state index >= 15 is 0 Å². The first-order chi connectivity index (χ1) is 23.7. The molecule has 0 spiro atoms. The minimum absolute atomic E-state index is 0.148. The molecule has 0 saturated carbocycles. The van der Waals surface area contributed by atoms with E-state index in [-0.39, 0.29) is 11.8 Å². The molecule has 1 aliphatic carbocycles. The lowest BCUT2D eigenvalue weighted by Gasteiger charge is -2.26. The first-order valence-corrected chi connectivity index (χ1v) is 16.5. The van der Waals surface area contributed by atoms with Gasteiger partial charge in [-0.2, -0.15) is 0 Å². The maximum atomic E-state index is 6.65. The molecule has 0 saturated heterocycles. The molecule has 0 amide bonds. The second kappa shape index (κ2) is 10.2. The van der Waals surface area contributed by atoms with Crippen molar-refractivity contribution in [2.45, 2.75) is 0 Å². The molecule has 7 aromatic carbocycles. The Morgan fingerprint density at radius 1 is 0.542 bits per heavy atom. The van der Waals surface area contributed by atoms with Crippen LogP contribution in [0.5, 0.6) is 0 Å². The van der Waals surface area contributed by atoms with Crippen LogP contribution in [0.2, 0.25) is 0 Å². The van der Waals surface area contributed by atoms with E-state index in [1.54, 1.807) is 0 Å². The summed E-state index contributed by atoms with van der Waals surface area (Å²) >= 11 is 0. The maximum Gasteiger partial charge on any atom is 0.143 e. The maximum absolute atomic E-state index is 6.65. The monoisotopic (exact) mass is 614 g/mol. The molecule has 2 atom stereocenters. The van der Waals surface area contributed by atoms with Crippen molar-refractivity contribution in [1.29, 1.82) is 0 Å². The molecule has 10 rings (SSSR count). The molecular formula is C46H30O2. The van der Waals surface area contributed by atoms with Crippen molar-refractivity contribution in [3.8, 4) is 11.1 Å². The van der Waals surface area contributed by atoms with Crippen LogP contribution in [0.15, 0.2) is 168 Å². The first-order valence-electron chi connectivity index (χ1n) is 16.5. The summed E-state index contributed by atoms with van der Waals surface area (Å²) in [4.78, 5) is 0. The third-order valence-electron chi connectivity index (χ3n) is 10.4. The van der Waals surface area contributed by atoms with E-state index in [9.17, 15) is 0 Å². The minimum Gasteiger partial charge on any atom is -0.456 e. The number of furan rings is 2. The molecule has 2 heteroatoms. The fraction of sp³-hybridized carbons (Fsp3) is 0.0435. The largest absolute Gasteiger partial charge is 0.456 e. The van der Waals surface area contributed by atoms with Gasteiger partial charge in [-0.15, -0.1) is 6.58 Å². The van der Waals surface area contributed by atoms with Gasteiger partial charge in [0.15, 0.2) is 0 Å². The van der Waals surface area contributed by atoms with Crippen molar-refractivity contribution in [3.63, 3.8) is 0 Å². The molecule has 2 heterocycles. The van der Waals surface area contributed by atoms with E-state index in [4.69, 9.17) is 15.4 Å². The summed E-state index contributed by atoms with van der Waals surface area (Å²) in [7, 11) is 0. The molecular weight excluding hydrogens is 585 g/mol. The molecule has 9 aromatic rings. The van der Waals surface area contributed by atoms with Gasteiger partial charge in [-0.25, -0.2) is 0 Å². The highest BCUT2D eigenvalue weighted by molar-refractivity contribution is 6.26. The average molecular weight is 615 g/mol. The van der Waals surface area contributed by atoms with Gasteiger partial charge >= 0.3 is 0 Å². The van der Waals surface area contributed by atoms with Gasteiger partial charge in [0, 0.05) is 38.8 Å². The quantitative estimate of drug-likeness (QED) is 0.146. The molecule has 0 bridgehead atoms. The zero-order valence-corrected chi connectivity index (χ0v) is 26.2. The Kier molecular flexibility index (Phi) is 5.74. The van der Waals surface area contributed by atoms with E-state index in [0.717, 1.165) is 65.8 Å². The van der Waals surface area contributed by atoms with Gasteiger partial charge in [0.25, 0.3) is 0 Å². The summed E-state index contributed by atoms with van der Waals surface area (Å²) in [6.07, 6.45) is 10.7. The summed E-state index contributed by atoms with van der Waals surface area (Å²) in [5, 5.41) is 11.5. The van der Waals surface area contributed by atoms with Gasteiger partial charge in [0.05, 0.1) is 0 Å². The van der Waals surface area contributed by atoms with Crippen LogP contribution in [-0.4, -0.2) is 0 Å². The molecule has 2 aromatic heterocycles. The third-order valence-corrected chi connectivity index (χ3v) is 10.4. The third kappa shape index (κ3) is 3.74. The number of allylic oxidation sites excluding steroid dienone is 6. The number of benzene rings is 7. The number of fused-ring (bicyclic) bond motifs is 11. The fourth-order valence-electron chi connectivity index (χ4n) is 8.17. The predicted molar refractivity (Wildman–Crippen MR) is 203 cm³/mol. The highest BCUT2D eigenvalue weighted by Gasteiger charge is 2.25. The molecule has 2 unspecified atom stereocenters. The van der Waals surface area contributed by atoms with Crippen molar-refractivity contribution in [3.05, 3.63) is 164 Å². The van der Waals surface area contributed by atoms with Crippen LogP contribution in [-0.2, 0) is 0 Å². The van der Waals surface area contributed by atoms with Crippen LogP contribution in [0.4, 0.5) is 0 Å². The lowest BCUT2D eigenvalue weighted by molar-refractivity contribution is 0.669. The Morgan fingerprint density at radius 3 is 1.92 bits per heavy atom. The Morgan fingerprint density at radius 2 is 1.15 bits per heavy atom. The Labute approximate surface area is 277 Å². The van der Waals surface area contributed by atoms with E-state index < -0.39 is 0 Å². The minimum atomic E-state index is 0.148. The van der Waals surface area contributed by atoms with Crippen LogP contribution in [0.3, 0.4) is 0 Å². The first kappa shape index (κ1) is 27.0. The lowest BCUT2D eigenvalue weighted by atomic mass is 9.77. The second-order valence-corrected chi connectivity index (χ2v) is 12.9. The molecule has 1 aliphatic rings. The smallest absolute Gasteiger partial charge is 0.143 e.